The Hall–Kier alpha value is -0.600. The van der Waals surface area contributed by atoms with Crippen molar-refractivity contribution < 1.29 is 9.18 Å². The maximum absolute atomic E-state index is 14.1. The quantitative estimate of drug-likeness (QED) is 0.704. The smallest absolute Gasteiger partial charge is 0.255 e. The number of hydrogen-bond donors (Lipinski definition) is 1. The van der Waals surface area contributed by atoms with Crippen LogP contribution in [0.15, 0.2) is 0 Å². The van der Waals surface area contributed by atoms with Gasteiger partial charge in [-0.2, -0.15) is 0 Å². The van der Waals surface area contributed by atoms with Crippen molar-refractivity contribution in [3.63, 3.8) is 0 Å². The minimum absolute atomic E-state index is 0.100. The van der Waals surface area contributed by atoms with Crippen LogP contribution in [0.5, 0.6) is 0 Å². The number of hydrogen-bond acceptors (Lipinski definition) is 1. The highest BCUT2D eigenvalue weighted by molar-refractivity contribution is 5.83. The zero-order valence-electron chi connectivity index (χ0n) is 8.18. The van der Waals surface area contributed by atoms with Crippen molar-refractivity contribution in [1.29, 1.82) is 0 Å². The van der Waals surface area contributed by atoms with E-state index in [4.69, 9.17) is 5.73 Å². The third-order valence-corrected chi connectivity index (χ3v) is 3.06. The first-order valence-corrected chi connectivity index (χ1v) is 5.10. The van der Waals surface area contributed by atoms with Gasteiger partial charge in [0, 0.05) is 5.92 Å². The van der Waals surface area contributed by atoms with Gasteiger partial charge in [0.25, 0.3) is 5.91 Å². The molecule has 1 aliphatic rings. The van der Waals surface area contributed by atoms with E-state index in [0.717, 1.165) is 32.1 Å². The molecule has 76 valence electrons. The van der Waals surface area contributed by atoms with Gasteiger partial charge in [0.05, 0.1) is 0 Å². The van der Waals surface area contributed by atoms with Gasteiger partial charge in [0.15, 0.2) is 5.67 Å². The highest BCUT2D eigenvalue weighted by Gasteiger charge is 2.46. The molecule has 2 N–H and O–H groups in total. The fraction of sp³-hybridized carbons (Fsp3) is 0.900. The van der Waals surface area contributed by atoms with Crippen molar-refractivity contribution in [1.82, 2.24) is 0 Å². The molecule has 1 rings (SSSR count). The zero-order valence-corrected chi connectivity index (χ0v) is 8.18. The van der Waals surface area contributed by atoms with Crippen molar-refractivity contribution >= 4 is 5.91 Å². The lowest BCUT2D eigenvalue weighted by molar-refractivity contribution is -0.136. The minimum atomic E-state index is -1.71. The molecular formula is C10H18FNO. The predicted octanol–water partition coefficient (Wildman–Crippen LogP) is 2.17. The lowest BCUT2D eigenvalue weighted by atomic mass is 9.71. The van der Waals surface area contributed by atoms with E-state index in [9.17, 15) is 9.18 Å². The van der Waals surface area contributed by atoms with Gasteiger partial charge in [-0.05, 0) is 25.7 Å². The van der Waals surface area contributed by atoms with Crippen LogP contribution >= 0.6 is 0 Å². The van der Waals surface area contributed by atoms with E-state index in [-0.39, 0.29) is 5.92 Å². The van der Waals surface area contributed by atoms with Crippen LogP contribution < -0.4 is 5.73 Å². The molecule has 1 fully saturated rings. The number of carbonyl (C=O) groups is 1. The standard InChI is InChI=1S/C10H18FNO/c1-2-3-7-10(11,9(12)13)8-5-4-6-8/h8H,2-7H2,1H3,(H2,12,13). The first kappa shape index (κ1) is 10.5. The van der Waals surface area contributed by atoms with Gasteiger partial charge in [0.1, 0.15) is 0 Å². The van der Waals surface area contributed by atoms with Crippen LogP contribution in [0.4, 0.5) is 4.39 Å². The van der Waals surface area contributed by atoms with Gasteiger partial charge in [0.2, 0.25) is 0 Å². The highest BCUT2D eigenvalue weighted by atomic mass is 19.1. The predicted molar refractivity (Wildman–Crippen MR) is 49.9 cm³/mol. The molecule has 1 amide bonds. The first-order chi connectivity index (χ1) is 6.11. The molecule has 0 aromatic heterocycles. The largest absolute Gasteiger partial charge is 0.367 e. The van der Waals surface area contributed by atoms with E-state index in [0.29, 0.717) is 6.42 Å². The number of halogens is 1. The van der Waals surface area contributed by atoms with Crippen molar-refractivity contribution in [2.24, 2.45) is 11.7 Å². The maximum atomic E-state index is 14.1. The van der Waals surface area contributed by atoms with E-state index >= 15 is 0 Å². The normalized spacial score (nSPS) is 22.0. The Morgan fingerprint density at radius 1 is 1.62 bits per heavy atom. The first-order valence-electron chi connectivity index (χ1n) is 5.10. The zero-order chi connectivity index (χ0) is 9.90. The molecule has 0 bridgehead atoms. The van der Waals surface area contributed by atoms with Crippen molar-refractivity contribution in [3.05, 3.63) is 0 Å². The third kappa shape index (κ3) is 2.01. The fourth-order valence-electron chi connectivity index (χ4n) is 1.83. The Labute approximate surface area is 78.7 Å². The Morgan fingerprint density at radius 2 is 2.23 bits per heavy atom. The molecule has 0 aliphatic heterocycles. The fourth-order valence-corrected chi connectivity index (χ4v) is 1.83. The van der Waals surface area contributed by atoms with Gasteiger partial charge in [-0.3, -0.25) is 4.79 Å². The van der Waals surface area contributed by atoms with Gasteiger partial charge >= 0.3 is 0 Å². The van der Waals surface area contributed by atoms with Crippen molar-refractivity contribution in [2.45, 2.75) is 51.1 Å². The third-order valence-electron chi connectivity index (χ3n) is 3.06. The summed E-state index contributed by atoms with van der Waals surface area (Å²) in [5.41, 5.74) is 3.39. The Bertz CT molecular complexity index is 191. The average molecular weight is 187 g/mol. The van der Waals surface area contributed by atoms with Crippen molar-refractivity contribution in [2.75, 3.05) is 0 Å². The second kappa shape index (κ2) is 4.07. The molecule has 3 heteroatoms. The lowest BCUT2D eigenvalue weighted by Crippen LogP contribution is -2.48. The van der Waals surface area contributed by atoms with E-state index in [1.807, 2.05) is 6.92 Å². The van der Waals surface area contributed by atoms with Gasteiger partial charge in [-0.25, -0.2) is 4.39 Å². The summed E-state index contributed by atoms with van der Waals surface area (Å²) in [6, 6.07) is 0. The molecule has 0 spiro atoms. The number of rotatable bonds is 5. The van der Waals surface area contributed by atoms with Crippen LogP contribution in [-0.2, 0) is 4.79 Å². The number of alkyl halides is 1. The molecule has 0 aromatic carbocycles. The topological polar surface area (TPSA) is 43.1 Å². The SMILES string of the molecule is CCCCC(F)(C(N)=O)C1CCC1. The van der Waals surface area contributed by atoms with Crippen LogP contribution in [-0.4, -0.2) is 11.6 Å². The molecule has 1 aliphatic carbocycles. The van der Waals surface area contributed by atoms with E-state index in [1.54, 1.807) is 0 Å². The number of amides is 1. The molecule has 0 heterocycles. The molecule has 2 nitrogen and oxygen atoms in total. The average Bonchev–Trinajstić information content (AvgIpc) is 1.97. The van der Waals surface area contributed by atoms with Gasteiger partial charge in [-0.1, -0.05) is 19.8 Å². The van der Waals surface area contributed by atoms with Crippen LogP contribution in [0.3, 0.4) is 0 Å². The molecule has 0 radical (unpaired) electrons. The second-order valence-electron chi connectivity index (χ2n) is 3.96. The summed E-state index contributed by atoms with van der Waals surface area (Å²) in [5.74, 6) is -0.859. The number of carbonyl (C=O) groups excluding carboxylic acids is 1. The van der Waals surface area contributed by atoms with E-state index < -0.39 is 11.6 Å². The Kier molecular flexibility index (Phi) is 3.28. The van der Waals surface area contributed by atoms with Crippen LogP contribution in [0.2, 0.25) is 0 Å². The Balaban J connectivity index is 2.56. The van der Waals surface area contributed by atoms with E-state index in [2.05, 4.69) is 0 Å². The molecule has 1 atom stereocenters. The monoisotopic (exact) mass is 187 g/mol. The summed E-state index contributed by atoms with van der Waals surface area (Å²) in [6.07, 6.45) is 4.65. The summed E-state index contributed by atoms with van der Waals surface area (Å²) >= 11 is 0. The number of primary amides is 1. The Morgan fingerprint density at radius 3 is 2.54 bits per heavy atom. The van der Waals surface area contributed by atoms with Crippen LogP contribution in [0.1, 0.15) is 45.4 Å². The lowest BCUT2D eigenvalue weighted by Gasteiger charge is -2.37. The number of unbranched alkanes of at least 4 members (excludes halogenated alkanes) is 1. The molecular weight excluding hydrogens is 169 g/mol. The highest BCUT2D eigenvalue weighted by Crippen LogP contribution is 2.41. The molecule has 0 saturated heterocycles. The molecule has 1 unspecified atom stereocenters. The summed E-state index contributed by atoms with van der Waals surface area (Å²) in [7, 11) is 0. The molecule has 1 saturated carbocycles. The van der Waals surface area contributed by atoms with E-state index in [1.165, 1.54) is 0 Å². The van der Waals surface area contributed by atoms with Gasteiger partial charge < -0.3 is 5.73 Å². The second-order valence-corrected chi connectivity index (χ2v) is 3.96. The van der Waals surface area contributed by atoms with Crippen LogP contribution in [0, 0.1) is 5.92 Å². The summed E-state index contributed by atoms with van der Waals surface area (Å²) < 4.78 is 14.1. The minimum Gasteiger partial charge on any atom is -0.367 e. The van der Waals surface area contributed by atoms with Crippen molar-refractivity contribution in [3.8, 4) is 0 Å². The maximum Gasteiger partial charge on any atom is 0.255 e. The number of nitrogens with two attached hydrogens (primary N) is 1. The molecule has 0 aromatic rings. The summed E-state index contributed by atoms with van der Waals surface area (Å²) in [6.45, 7) is 1.99. The van der Waals surface area contributed by atoms with Gasteiger partial charge in [-0.15, -0.1) is 0 Å². The summed E-state index contributed by atoms with van der Waals surface area (Å²) in [5, 5.41) is 0. The van der Waals surface area contributed by atoms with Crippen LogP contribution in [0.25, 0.3) is 0 Å². The summed E-state index contributed by atoms with van der Waals surface area (Å²) in [4.78, 5) is 11.0. The molecule has 13 heavy (non-hydrogen) atoms.